The van der Waals surface area contributed by atoms with Crippen LogP contribution < -0.4 is 0 Å². The number of benzene rings is 7. The summed E-state index contributed by atoms with van der Waals surface area (Å²) >= 11 is 1.52. The van der Waals surface area contributed by atoms with Crippen molar-refractivity contribution in [2.24, 2.45) is 0 Å². The molecular formula is C43H27N3S. The summed E-state index contributed by atoms with van der Waals surface area (Å²) in [5, 5.41) is 4.21. The highest BCUT2D eigenvalue weighted by atomic mass is 32.1. The molecule has 4 heteroatoms. The summed E-state index contributed by atoms with van der Waals surface area (Å²) in [5.41, 5.74) is 5.54. The van der Waals surface area contributed by atoms with Crippen LogP contribution in [0.25, 0.3) is 87.4 Å². The van der Waals surface area contributed by atoms with Crippen molar-refractivity contribution in [3.63, 3.8) is 0 Å². The lowest BCUT2D eigenvalue weighted by atomic mass is 10.00. The van der Waals surface area contributed by atoms with Crippen molar-refractivity contribution in [1.82, 2.24) is 15.0 Å². The predicted molar refractivity (Wildman–Crippen MR) is 197 cm³/mol. The van der Waals surface area contributed by atoms with E-state index in [4.69, 9.17) is 21.8 Å². The molecule has 0 radical (unpaired) electrons. The van der Waals surface area contributed by atoms with Crippen molar-refractivity contribution >= 4 is 42.3 Å². The molecule has 0 atom stereocenters. The van der Waals surface area contributed by atoms with Crippen LogP contribution >= 0.6 is 11.3 Å². The molecule has 9 aromatic rings. The monoisotopic (exact) mass is 622 g/mol. The number of nitrogens with zero attached hydrogens (tertiary/aromatic N) is 3. The van der Waals surface area contributed by atoms with E-state index in [2.05, 4.69) is 48.5 Å². The normalized spacial score (nSPS) is 12.9. The van der Waals surface area contributed by atoms with Crippen LogP contribution in [0.5, 0.6) is 0 Å². The Bertz CT molecular complexity index is 2820. The van der Waals surface area contributed by atoms with E-state index >= 15 is 0 Å². The van der Waals surface area contributed by atoms with E-state index in [1.54, 1.807) is 0 Å². The van der Waals surface area contributed by atoms with Crippen LogP contribution in [0.4, 0.5) is 0 Å². The lowest BCUT2D eigenvalue weighted by molar-refractivity contribution is 1.08. The maximum absolute atomic E-state index is 8.67. The summed E-state index contributed by atoms with van der Waals surface area (Å²) in [4.78, 5) is 15.1. The molecule has 0 amide bonds. The Balaban J connectivity index is 1.21. The van der Waals surface area contributed by atoms with Gasteiger partial charge in [0.2, 0.25) is 0 Å². The largest absolute Gasteiger partial charge is 0.208 e. The molecule has 0 spiro atoms. The van der Waals surface area contributed by atoms with Gasteiger partial charge >= 0.3 is 0 Å². The van der Waals surface area contributed by atoms with E-state index < -0.39 is 6.04 Å². The molecule has 0 bridgehead atoms. The average Bonchev–Trinajstić information content (AvgIpc) is 3.59. The summed E-state index contributed by atoms with van der Waals surface area (Å²) in [5.74, 6) is 1.61. The maximum atomic E-state index is 8.67. The van der Waals surface area contributed by atoms with Gasteiger partial charge in [0.25, 0.3) is 0 Å². The van der Waals surface area contributed by atoms with Gasteiger partial charge in [0.1, 0.15) is 0 Å². The standard InChI is InChI=1S/C43H27N3S/c1-3-12-30(13-4-1)35-17-9-18-36-39-37(19-10-20-38(39)47-40(35)36)43-45-41(31-14-5-2-6-15-31)44-42(46-43)32-24-21-29(22-25-32)34-26-23-28-11-7-8-16-33(28)27-34/h1-27H/i1D,3D,4D,12D,13D. The molecule has 47 heavy (non-hydrogen) atoms. The zero-order chi connectivity index (χ0) is 35.5. The number of thiophene rings is 1. The van der Waals surface area contributed by atoms with Gasteiger partial charge in [-0.25, -0.2) is 15.0 Å². The molecule has 2 aromatic heterocycles. The average molecular weight is 623 g/mol. The fourth-order valence-electron chi connectivity index (χ4n) is 6.14. The Labute approximate surface area is 283 Å². The molecule has 0 unspecified atom stereocenters. The van der Waals surface area contributed by atoms with Crippen LogP contribution in [0.1, 0.15) is 6.85 Å². The Kier molecular flexibility index (Phi) is 5.48. The third kappa shape index (κ3) is 4.96. The lowest BCUT2D eigenvalue weighted by Gasteiger charge is -2.10. The molecule has 3 nitrogen and oxygen atoms in total. The van der Waals surface area contributed by atoms with Gasteiger partial charge in [-0.05, 0) is 45.2 Å². The van der Waals surface area contributed by atoms with Gasteiger partial charge in [-0.3, -0.25) is 0 Å². The molecule has 0 aliphatic rings. The number of hydrogen-bond donors (Lipinski definition) is 0. The van der Waals surface area contributed by atoms with Gasteiger partial charge in [0.15, 0.2) is 17.5 Å². The van der Waals surface area contributed by atoms with E-state index in [9.17, 15) is 0 Å². The smallest absolute Gasteiger partial charge is 0.164 e. The van der Waals surface area contributed by atoms with Crippen molar-refractivity contribution in [2.75, 3.05) is 0 Å². The van der Waals surface area contributed by atoms with Crippen LogP contribution in [0.3, 0.4) is 0 Å². The highest BCUT2D eigenvalue weighted by Gasteiger charge is 2.18. The first-order valence-electron chi connectivity index (χ1n) is 17.8. The fraction of sp³-hybridized carbons (Fsp3) is 0. The van der Waals surface area contributed by atoms with Crippen LogP contribution in [-0.4, -0.2) is 15.0 Å². The first-order valence-corrected chi connectivity index (χ1v) is 16.1. The zero-order valence-corrected chi connectivity index (χ0v) is 25.8. The summed E-state index contributed by atoms with van der Waals surface area (Å²) in [6.07, 6.45) is 0. The Morgan fingerprint density at radius 1 is 0.447 bits per heavy atom. The summed E-state index contributed by atoms with van der Waals surface area (Å²) in [7, 11) is 0. The quantitative estimate of drug-likeness (QED) is 0.192. The number of aromatic nitrogens is 3. The van der Waals surface area contributed by atoms with E-state index in [-0.39, 0.29) is 29.7 Å². The molecule has 9 rings (SSSR count). The van der Waals surface area contributed by atoms with Gasteiger partial charge in [0.05, 0.1) is 6.85 Å². The van der Waals surface area contributed by atoms with Gasteiger partial charge in [-0.1, -0.05) is 152 Å². The SMILES string of the molecule is [2H]c1c([2H])c([2H])c(-c2cccc3c2sc2cccc(-c4nc(-c5ccccc5)nc(-c5ccc(-c6ccc7ccccc7c6)cc5)n4)c23)c([2H])c1[2H]. The third-order valence-corrected chi connectivity index (χ3v) is 9.63. The Morgan fingerprint density at radius 2 is 1.09 bits per heavy atom. The van der Waals surface area contributed by atoms with E-state index in [0.717, 1.165) is 48.0 Å². The van der Waals surface area contributed by atoms with Crippen LogP contribution in [0, 0.1) is 0 Å². The number of fused-ring (bicyclic) bond motifs is 4. The van der Waals surface area contributed by atoms with Gasteiger partial charge in [0, 0.05) is 36.9 Å². The molecule has 0 aliphatic carbocycles. The summed E-state index contributed by atoms with van der Waals surface area (Å²) in [6, 6.07) is 43.1. The third-order valence-electron chi connectivity index (χ3n) is 8.43. The minimum atomic E-state index is -0.410. The minimum Gasteiger partial charge on any atom is -0.208 e. The molecule has 7 aromatic carbocycles. The molecule has 0 saturated carbocycles. The minimum absolute atomic E-state index is 0.186. The summed E-state index contributed by atoms with van der Waals surface area (Å²) in [6.45, 7) is 0. The van der Waals surface area contributed by atoms with Crippen LogP contribution in [-0.2, 0) is 0 Å². The van der Waals surface area contributed by atoms with Crippen molar-refractivity contribution in [3.05, 3.63) is 164 Å². The van der Waals surface area contributed by atoms with Crippen LogP contribution in [0.15, 0.2) is 164 Å². The van der Waals surface area contributed by atoms with Crippen LogP contribution in [0.2, 0.25) is 0 Å². The van der Waals surface area contributed by atoms with Crippen molar-refractivity contribution in [3.8, 4) is 56.4 Å². The van der Waals surface area contributed by atoms with Gasteiger partial charge < -0.3 is 0 Å². The highest BCUT2D eigenvalue weighted by molar-refractivity contribution is 7.26. The van der Waals surface area contributed by atoms with Crippen molar-refractivity contribution in [1.29, 1.82) is 0 Å². The Morgan fingerprint density at radius 3 is 1.89 bits per heavy atom. The molecule has 0 N–H and O–H groups in total. The molecule has 2 heterocycles. The first kappa shape index (κ1) is 22.5. The second-order valence-corrected chi connectivity index (χ2v) is 12.3. The van der Waals surface area contributed by atoms with E-state index in [1.807, 2.05) is 84.9 Å². The van der Waals surface area contributed by atoms with E-state index in [1.165, 1.54) is 22.1 Å². The van der Waals surface area contributed by atoms with Crippen molar-refractivity contribution in [2.45, 2.75) is 0 Å². The topological polar surface area (TPSA) is 38.7 Å². The highest BCUT2D eigenvalue weighted by Crippen LogP contribution is 2.43. The molecule has 0 fully saturated rings. The second kappa shape index (κ2) is 11.4. The molecule has 0 aliphatic heterocycles. The molecule has 220 valence electrons. The summed E-state index contributed by atoms with van der Waals surface area (Å²) < 4.78 is 43.8. The van der Waals surface area contributed by atoms with Gasteiger partial charge in [-0.2, -0.15) is 0 Å². The van der Waals surface area contributed by atoms with Gasteiger partial charge in [-0.15, -0.1) is 11.3 Å². The Hall–Kier alpha value is -5.97. The number of hydrogen-bond acceptors (Lipinski definition) is 4. The predicted octanol–water partition coefficient (Wildman–Crippen LogP) is 11.7. The zero-order valence-electron chi connectivity index (χ0n) is 30.0. The molecule has 0 saturated heterocycles. The lowest BCUT2D eigenvalue weighted by Crippen LogP contribution is -2.00. The number of rotatable bonds is 5. The van der Waals surface area contributed by atoms with Crippen molar-refractivity contribution < 1.29 is 6.85 Å². The second-order valence-electron chi connectivity index (χ2n) is 11.3. The maximum Gasteiger partial charge on any atom is 0.164 e. The molecular weight excluding hydrogens is 591 g/mol. The first-order chi connectivity index (χ1) is 25.4. The van der Waals surface area contributed by atoms with E-state index in [0.29, 0.717) is 23.0 Å². The fourth-order valence-corrected chi connectivity index (χ4v) is 7.39.